The maximum Gasteiger partial charge on any atom is 0.214 e. The third-order valence-electron chi connectivity index (χ3n) is 2.94. The molecule has 0 unspecified atom stereocenters. The molecule has 7 nitrogen and oxygen atoms in total. The van der Waals surface area contributed by atoms with Crippen molar-refractivity contribution < 1.29 is 9.84 Å². The van der Waals surface area contributed by atoms with Crippen molar-refractivity contribution in [2.45, 2.75) is 6.42 Å². The first-order chi connectivity index (χ1) is 10.3. The number of aliphatic hydroxyl groups is 1. The molecule has 0 bridgehead atoms. The highest BCUT2D eigenvalue weighted by atomic mass is 32.1. The molecule has 3 aromatic heterocycles. The monoisotopic (exact) mass is 305 g/mol. The largest absolute Gasteiger partial charge is 0.481 e. The van der Waals surface area contributed by atoms with E-state index >= 15 is 0 Å². The van der Waals surface area contributed by atoms with E-state index in [-0.39, 0.29) is 6.61 Å². The van der Waals surface area contributed by atoms with Crippen LogP contribution in [0.4, 0.5) is 5.13 Å². The molecular formula is C13H15N5O2S. The summed E-state index contributed by atoms with van der Waals surface area (Å²) in [5, 5.41) is 17.2. The van der Waals surface area contributed by atoms with Gasteiger partial charge in [-0.15, -0.1) is 5.10 Å². The Morgan fingerprint density at radius 1 is 1.33 bits per heavy atom. The molecule has 0 saturated heterocycles. The molecule has 3 heterocycles. The molecule has 0 aliphatic rings. The first-order valence-electron chi connectivity index (χ1n) is 6.51. The van der Waals surface area contributed by atoms with Crippen LogP contribution in [0, 0.1) is 0 Å². The molecule has 2 N–H and O–H groups in total. The minimum Gasteiger partial charge on any atom is -0.481 e. The molecule has 0 aliphatic heterocycles. The van der Waals surface area contributed by atoms with Crippen molar-refractivity contribution in [1.29, 1.82) is 0 Å². The number of rotatable bonds is 6. The number of pyridine rings is 1. The van der Waals surface area contributed by atoms with Gasteiger partial charge in [0, 0.05) is 31.0 Å². The molecule has 0 aromatic carbocycles. The average molecular weight is 305 g/mol. The van der Waals surface area contributed by atoms with Gasteiger partial charge in [-0.25, -0.2) is 14.5 Å². The van der Waals surface area contributed by atoms with Crippen LogP contribution in [0.15, 0.2) is 24.5 Å². The van der Waals surface area contributed by atoms with Gasteiger partial charge in [0.15, 0.2) is 0 Å². The Morgan fingerprint density at radius 3 is 2.95 bits per heavy atom. The third-order valence-corrected chi connectivity index (χ3v) is 3.82. The zero-order chi connectivity index (χ0) is 14.7. The van der Waals surface area contributed by atoms with Crippen molar-refractivity contribution in [3.05, 3.63) is 24.5 Å². The van der Waals surface area contributed by atoms with Crippen LogP contribution in [0.3, 0.4) is 0 Å². The topological polar surface area (TPSA) is 84.6 Å². The number of nitrogens with one attached hydrogen (secondary N) is 1. The van der Waals surface area contributed by atoms with Gasteiger partial charge in [0.1, 0.15) is 0 Å². The van der Waals surface area contributed by atoms with Crippen molar-refractivity contribution in [2.24, 2.45) is 0 Å². The van der Waals surface area contributed by atoms with E-state index in [1.807, 2.05) is 12.1 Å². The second kappa shape index (κ2) is 6.06. The number of fused-ring (bicyclic) bond motifs is 1. The molecule has 0 spiro atoms. The van der Waals surface area contributed by atoms with E-state index in [9.17, 15) is 0 Å². The van der Waals surface area contributed by atoms with E-state index in [4.69, 9.17) is 9.84 Å². The third kappa shape index (κ3) is 2.81. The first kappa shape index (κ1) is 13.8. The predicted octanol–water partition coefficient (Wildman–Crippen LogP) is 1.66. The van der Waals surface area contributed by atoms with Crippen LogP contribution >= 0.6 is 11.3 Å². The van der Waals surface area contributed by atoms with Gasteiger partial charge in [0.2, 0.25) is 16.0 Å². The van der Waals surface area contributed by atoms with Crippen LogP contribution in [0.5, 0.6) is 5.88 Å². The highest BCUT2D eigenvalue weighted by Crippen LogP contribution is 2.26. The number of hydrogen-bond donors (Lipinski definition) is 2. The summed E-state index contributed by atoms with van der Waals surface area (Å²) in [6.07, 6.45) is 4.21. The van der Waals surface area contributed by atoms with E-state index in [2.05, 4.69) is 20.4 Å². The van der Waals surface area contributed by atoms with Crippen molar-refractivity contribution in [1.82, 2.24) is 19.6 Å². The van der Waals surface area contributed by atoms with Crippen LogP contribution in [-0.2, 0) is 0 Å². The van der Waals surface area contributed by atoms with Crippen LogP contribution in [0.2, 0.25) is 0 Å². The molecule has 0 fully saturated rings. The second-order valence-corrected chi connectivity index (χ2v) is 5.29. The molecule has 0 saturated carbocycles. The molecule has 110 valence electrons. The second-order valence-electron chi connectivity index (χ2n) is 4.34. The van der Waals surface area contributed by atoms with Crippen LogP contribution in [0.25, 0.3) is 16.2 Å². The normalized spacial score (nSPS) is 11.0. The van der Waals surface area contributed by atoms with Gasteiger partial charge < -0.3 is 15.2 Å². The molecule has 0 aliphatic carbocycles. The van der Waals surface area contributed by atoms with E-state index in [0.717, 1.165) is 21.3 Å². The fourth-order valence-corrected chi connectivity index (χ4v) is 2.69. The first-order valence-corrected chi connectivity index (χ1v) is 7.33. The minimum atomic E-state index is 0.165. The zero-order valence-corrected chi connectivity index (χ0v) is 12.3. The highest BCUT2D eigenvalue weighted by Gasteiger charge is 2.11. The van der Waals surface area contributed by atoms with Gasteiger partial charge in [-0.3, -0.25) is 0 Å². The Morgan fingerprint density at radius 2 is 2.24 bits per heavy atom. The summed E-state index contributed by atoms with van der Waals surface area (Å²) in [7, 11) is 1.59. The Kier molecular flexibility index (Phi) is 3.98. The van der Waals surface area contributed by atoms with E-state index < -0.39 is 0 Å². The van der Waals surface area contributed by atoms with Crippen LogP contribution < -0.4 is 10.1 Å². The molecule has 0 atom stereocenters. The average Bonchev–Trinajstić information content (AvgIpc) is 3.08. The fourth-order valence-electron chi connectivity index (χ4n) is 1.89. The van der Waals surface area contributed by atoms with Crippen molar-refractivity contribution in [3.63, 3.8) is 0 Å². The number of nitrogens with zero attached hydrogens (tertiary/aromatic N) is 4. The Balaban J connectivity index is 1.87. The quantitative estimate of drug-likeness (QED) is 0.674. The Hall–Kier alpha value is -2.19. The van der Waals surface area contributed by atoms with Gasteiger partial charge in [0.05, 0.1) is 19.0 Å². The lowest BCUT2D eigenvalue weighted by molar-refractivity contribution is 0.292. The molecule has 3 aromatic rings. The Labute approximate surface area is 125 Å². The van der Waals surface area contributed by atoms with E-state index in [1.165, 1.54) is 11.3 Å². The molecular weight excluding hydrogens is 290 g/mol. The van der Waals surface area contributed by atoms with Gasteiger partial charge in [0.25, 0.3) is 0 Å². The lowest BCUT2D eigenvalue weighted by atomic mass is 10.2. The number of ether oxygens (including phenoxy) is 1. The van der Waals surface area contributed by atoms with Gasteiger partial charge in [-0.05, 0) is 12.5 Å². The van der Waals surface area contributed by atoms with Crippen molar-refractivity contribution in [3.8, 4) is 17.1 Å². The van der Waals surface area contributed by atoms with Gasteiger partial charge in [-0.2, -0.15) is 0 Å². The maximum absolute atomic E-state index is 8.79. The smallest absolute Gasteiger partial charge is 0.214 e. The Bertz CT molecular complexity index is 722. The number of aromatic nitrogens is 4. The summed E-state index contributed by atoms with van der Waals surface area (Å²) >= 11 is 1.47. The number of imidazole rings is 1. The number of aliphatic hydroxyl groups excluding tert-OH is 1. The molecule has 21 heavy (non-hydrogen) atoms. The van der Waals surface area contributed by atoms with Crippen molar-refractivity contribution in [2.75, 3.05) is 25.6 Å². The maximum atomic E-state index is 8.79. The summed E-state index contributed by atoms with van der Waals surface area (Å²) in [6.45, 7) is 0.852. The van der Waals surface area contributed by atoms with Gasteiger partial charge in [-0.1, -0.05) is 11.3 Å². The molecule has 0 amide bonds. The molecule has 3 rings (SSSR count). The summed E-state index contributed by atoms with van der Waals surface area (Å²) in [4.78, 5) is 9.37. The van der Waals surface area contributed by atoms with Crippen LogP contribution in [-0.4, -0.2) is 45.0 Å². The summed E-state index contributed by atoms with van der Waals surface area (Å²) in [5.41, 5.74) is 1.81. The fraction of sp³-hybridized carbons (Fsp3) is 0.308. The number of hydrogen-bond acceptors (Lipinski definition) is 7. The predicted molar refractivity (Wildman–Crippen MR) is 80.8 cm³/mol. The molecule has 0 radical (unpaired) electrons. The van der Waals surface area contributed by atoms with Crippen LogP contribution in [0.1, 0.15) is 6.42 Å². The minimum absolute atomic E-state index is 0.165. The number of methoxy groups -OCH3 is 1. The standard InChI is InChI=1S/C13H15N5O2S/c1-20-11-4-3-9(7-15-11)10-8-16-13-18(10)17-12(21-13)14-5-2-6-19/h3-4,7-8,19H,2,5-6H2,1H3,(H,14,17). The summed E-state index contributed by atoms with van der Waals surface area (Å²) in [5.74, 6) is 0.573. The van der Waals surface area contributed by atoms with E-state index in [1.54, 1.807) is 24.0 Å². The van der Waals surface area contributed by atoms with Gasteiger partial charge >= 0.3 is 0 Å². The zero-order valence-electron chi connectivity index (χ0n) is 11.5. The summed E-state index contributed by atoms with van der Waals surface area (Å²) in [6, 6.07) is 3.73. The lowest BCUT2D eigenvalue weighted by Gasteiger charge is -2.01. The van der Waals surface area contributed by atoms with Crippen molar-refractivity contribution >= 4 is 21.4 Å². The lowest BCUT2D eigenvalue weighted by Crippen LogP contribution is -2.03. The summed E-state index contributed by atoms with van der Waals surface area (Å²) < 4.78 is 6.84. The number of anilines is 1. The molecule has 8 heteroatoms. The SMILES string of the molecule is COc1ccc(-c2cnc3sc(NCCCO)nn23)cn1. The van der Waals surface area contributed by atoms with E-state index in [0.29, 0.717) is 18.8 Å². The highest BCUT2D eigenvalue weighted by molar-refractivity contribution is 7.20.